The van der Waals surface area contributed by atoms with E-state index in [1.165, 1.54) is 47.1 Å². The Labute approximate surface area is 188 Å². The minimum atomic E-state index is -0.433. The summed E-state index contributed by atoms with van der Waals surface area (Å²) in [6.07, 6.45) is 0. The monoisotopic (exact) mass is 494 g/mol. The van der Waals surface area contributed by atoms with Crippen molar-refractivity contribution in [2.24, 2.45) is 0 Å². The van der Waals surface area contributed by atoms with Crippen molar-refractivity contribution in [3.63, 3.8) is 0 Å². The molecule has 0 aliphatic heterocycles. The summed E-state index contributed by atoms with van der Waals surface area (Å²) in [5.41, 5.74) is 1.02. The van der Waals surface area contributed by atoms with E-state index in [4.69, 9.17) is 18.9 Å². The van der Waals surface area contributed by atoms with Crippen molar-refractivity contribution in [2.75, 3.05) is 19.5 Å². The van der Waals surface area contributed by atoms with Crippen molar-refractivity contribution < 1.29 is 38.1 Å². The van der Waals surface area contributed by atoms with E-state index >= 15 is 0 Å². The van der Waals surface area contributed by atoms with E-state index in [2.05, 4.69) is 15.9 Å². The number of Topliss-reactive ketones (excluding diaryl/α,β-unsaturated/α-hetero) is 2. The lowest BCUT2D eigenvalue weighted by atomic mass is 10.1. The highest BCUT2D eigenvalue weighted by atomic mass is 79.9. The van der Waals surface area contributed by atoms with Gasteiger partial charge in [-0.3, -0.25) is 19.2 Å². The number of hydrogen-bond donors (Lipinski definition) is 0. The SMILES string of the molecule is COc1cc(C(=O)CBr)ccc1OC(C)=O.COc1cc(C(C)=O)ccc1OC(C)=O. The van der Waals surface area contributed by atoms with Gasteiger partial charge in [0.2, 0.25) is 0 Å². The van der Waals surface area contributed by atoms with Crippen LogP contribution in [-0.2, 0) is 9.59 Å². The molecule has 0 aromatic heterocycles. The number of ether oxygens (including phenoxy) is 4. The van der Waals surface area contributed by atoms with Crippen LogP contribution in [0, 0.1) is 0 Å². The molecule has 0 atom stereocenters. The Bertz CT molecular complexity index is 968. The van der Waals surface area contributed by atoms with Crippen LogP contribution >= 0.6 is 15.9 Å². The van der Waals surface area contributed by atoms with Crippen LogP contribution in [0.25, 0.3) is 0 Å². The first kappa shape index (κ1) is 25.8. The summed E-state index contributed by atoms with van der Waals surface area (Å²) in [5, 5.41) is 0.239. The molecule has 0 heterocycles. The van der Waals surface area contributed by atoms with Gasteiger partial charge in [-0.25, -0.2) is 0 Å². The Morgan fingerprint density at radius 2 is 1.13 bits per heavy atom. The Hall–Kier alpha value is -3.20. The molecule has 2 aromatic carbocycles. The van der Waals surface area contributed by atoms with E-state index in [-0.39, 0.29) is 16.9 Å². The summed E-state index contributed by atoms with van der Waals surface area (Å²) >= 11 is 3.08. The van der Waals surface area contributed by atoms with Gasteiger partial charge in [0.1, 0.15) is 0 Å². The molecule has 0 saturated heterocycles. The van der Waals surface area contributed by atoms with E-state index in [1.807, 2.05) is 0 Å². The average Bonchev–Trinajstić information content (AvgIpc) is 2.73. The van der Waals surface area contributed by atoms with Gasteiger partial charge >= 0.3 is 11.9 Å². The number of rotatable bonds is 7. The minimum Gasteiger partial charge on any atom is -0.493 e. The van der Waals surface area contributed by atoms with Gasteiger partial charge in [-0.15, -0.1) is 0 Å². The van der Waals surface area contributed by atoms with E-state index in [9.17, 15) is 19.2 Å². The molecular weight excluding hydrogens is 472 g/mol. The number of benzene rings is 2. The van der Waals surface area contributed by atoms with Gasteiger partial charge in [0.05, 0.1) is 19.5 Å². The first-order valence-corrected chi connectivity index (χ1v) is 10.1. The lowest BCUT2D eigenvalue weighted by Gasteiger charge is -2.08. The highest BCUT2D eigenvalue weighted by molar-refractivity contribution is 9.09. The molecule has 2 rings (SSSR count). The Morgan fingerprint density at radius 1 is 0.710 bits per heavy atom. The standard InChI is InChI=1S/C11H11BrO4.C11H12O4/c1-7(13)16-10-4-3-8(9(14)6-12)5-11(10)15-2;1-7(12)9-4-5-10(15-8(2)13)11(6-9)14-3/h3-5H,6H2,1-2H3;4-6H,1-3H3. The van der Waals surface area contributed by atoms with Crippen molar-refractivity contribution in [3.8, 4) is 23.0 Å². The molecule has 0 aliphatic carbocycles. The van der Waals surface area contributed by atoms with Gasteiger partial charge in [0, 0.05) is 25.0 Å². The largest absolute Gasteiger partial charge is 0.493 e. The van der Waals surface area contributed by atoms with Crippen LogP contribution in [0.5, 0.6) is 23.0 Å². The van der Waals surface area contributed by atoms with Crippen molar-refractivity contribution in [1.82, 2.24) is 0 Å². The van der Waals surface area contributed by atoms with Crippen LogP contribution in [0.1, 0.15) is 41.5 Å². The lowest BCUT2D eigenvalue weighted by Crippen LogP contribution is -2.05. The molecule has 0 saturated carbocycles. The number of halogens is 1. The fourth-order valence-corrected chi connectivity index (χ4v) is 2.61. The van der Waals surface area contributed by atoms with Crippen molar-refractivity contribution >= 4 is 39.4 Å². The number of methoxy groups -OCH3 is 2. The maximum absolute atomic E-state index is 11.4. The quantitative estimate of drug-likeness (QED) is 0.246. The van der Waals surface area contributed by atoms with Crippen LogP contribution in [-0.4, -0.2) is 43.1 Å². The number of esters is 2. The van der Waals surface area contributed by atoms with Crippen LogP contribution < -0.4 is 18.9 Å². The first-order valence-electron chi connectivity index (χ1n) is 8.95. The fraction of sp³-hybridized carbons (Fsp3) is 0.273. The minimum absolute atomic E-state index is 0.0623. The van der Waals surface area contributed by atoms with Gasteiger partial charge < -0.3 is 18.9 Å². The van der Waals surface area contributed by atoms with Crippen LogP contribution in [0.2, 0.25) is 0 Å². The number of alkyl halides is 1. The molecule has 2 aromatic rings. The molecule has 0 radical (unpaired) electrons. The molecule has 31 heavy (non-hydrogen) atoms. The highest BCUT2D eigenvalue weighted by Crippen LogP contribution is 2.29. The molecule has 9 heteroatoms. The van der Waals surface area contributed by atoms with Crippen LogP contribution in [0.4, 0.5) is 0 Å². The number of ketones is 2. The average molecular weight is 495 g/mol. The maximum Gasteiger partial charge on any atom is 0.308 e. The predicted molar refractivity (Wildman–Crippen MR) is 117 cm³/mol. The van der Waals surface area contributed by atoms with Crippen molar-refractivity contribution in [1.29, 1.82) is 0 Å². The van der Waals surface area contributed by atoms with E-state index in [0.717, 1.165) is 0 Å². The Kier molecular flexibility index (Phi) is 10.4. The van der Waals surface area contributed by atoms with Crippen LogP contribution in [0.15, 0.2) is 36.4 Å². The van der Waals surface area contributed by atoms with Gasteiger partial charge in [0.15, 0.2) is 34.6 Å². The predicted octanol–water partition coefficient (Wildman–Crippen LogP) is 4.02. The summed E-state index contributed by atoms with van der Waals surface area (Å²) in [6.45, 7) is 4.07. The molecule has 0 amide bonds. The van der Waals surface area contributed by atoms with Gasteiger partial charge in [-0.2, -0.15) is 0 Å². The number of hydrogen-bond acceptors (Lipinski definition) is 8. The fourth-order valence-electron chi connectivity index (χ4n) is 2.28. The Morgan fingerprint density at radius 3 is 1.48 bits per heavy atom. The summed E-state index contributed by atoms with van der Waals surface area (Å²) in [6, 6.07) is 9.34. The van der Waals surface area contributed by atoms with E-state index in [0.29, 0.717) is 34.1 Å². The summed E-state index contributed by atoms with van der Waals surface area (Å²) in [5.74, 6) is 0.369. The molecule has 0 aliphatic rings. The molecule has 166 valence electrons. The highest BCUT2D eigenvalue weighted by Gasteiger charge is 2.12. The smallest absolute Gasteiger partial charge is 0.308 e. The molecule has 0 N–H and O–H groups in total. The second-order valence-electron chi connectivity index (χ2n) is 6.03. The van der Waals surface area contributed by atoms with Gasteiger partial charge in [-0.1, -0.05) is 15.9 Å². The zero-order valence-electron chi connectivity index (χ0n) is 17.8. The third-order valence-corrected chi connectivity index (χ3v) is 4.19. The second-order valence-corrected chi connectivity index (χ2v) is 6.59. The topological polar surface area (TPSA) is 105 Å². The summed E-state index contributed by atoms with van der Waals surface area (Å²) in [7, 11) is 2.90. The molecule has 0 bridgehead atoms. The first-order chi connectivity index (χ1) is 14.6. The van der Waals surface area contributed by atoms with E-state index < -0.39 is 11.9 Å². The van der Waals surface area contributed by atoms with Gasteiger partial charge in [0.25, 0.3) is 0 Å². The second kappa shape index (κ2) is 12.5. The molecule has 0 unspecified atom stereocenters. The Balaban J connectivity index is 0.000000311. The summed E-state index contributed by atoms with van der Waals surface area (Å²) < 4.78 is 19.9. The zero-order valence-corrected chi connectivity index (χ0v) is 19.4. The maximum atomic E-state index is 11.4. The molecule has 8 nitrogen and oxygen atoms in total. The third kappa shape index (κ3) is 8.21. The normalized spacial score (nSPS) is 9.61. The van der Waals surface area contributed by atoms with Crippen molar-refractivity contribution in [2.45, 2.75) is 20.8 Å². The van der Waals surface area contributed by atoms with Crippen molar-refractivity contribution in [3.05, 3.63) is 47.5 Å². The number of carbonyl (C=O) groups is 4. The van der Waals surface area contributed by atoms with Gasteiger partial charge in [-0.05, 0) is 43.3 Å². The van der Waals surface area contributed by atoms with Crippen LogP contribution in [0.3, 0.4) is 0 Å². The molecule has 0 fully saturated rings. The number of carbonyl (C=O) groups excluding carboxylic acids is 4. The zero-order chi connectivity index (χ0) is 23.6. The molecular formula is C22H23BrO8. The third-order valence-electron chi connectivity index (χ3n) is 3.68. The lowest BCUT2D eigenvalue weighted by molar-refractivity contribution is -0.132. The molecule has 0 spiro atoms. The van der Waals surface area contributed by atoms with E-state index in [1.54, 1.807) is 24.3 Å². The summed E-state index contributed by atoms with van der Waals surface area (Å²) in [4.78, 5) is 44.0.